The maximum absolute atomic E-state index is 13.4. The number of nitrogens with zero attached hydrogens (tertiary/aromatic N) is 2. The number of nitrogens with one attached hydrogen (secondary N) is 1. The standard InChI is InChI=1S/C25H28FN3OS/c1-5-17(3)9-14-21(25(30)28-23(6-2)24-8-7-15-31-24)22-16-27-29(18(22)4)20-12-10-19(26)11-13-20/h7-8,10-16,23H,3,5-6,9H2,1-2,4H3,(H,28,30). The van der Waals surface area contributed by atoms with Gasteiger partial charge in [0.2, 0.25) is 0 Å². The Morgan fingerprint density at radius 1 is 1.29 bits per heavy atom. The van der Waals surface area contributed by atoms with E-state index in [1.165, 1.54) is 12.1 Å². The SMILES string of the molecule is C=C(CC)CC=C(C(=O)NC(CC)c1cccs1)c1cnn(-c2ccc(F)cc2)c1C. The number of thiophene rings is 1. The molecule has 2 heterocycles. The number of hydrogen-bond acceptors (Lipinski definition) is 3. The van der Waals surface area contributed by atoms with E-state index in [-0.39, 0.29) is 17.8 Å². The third-order valence-electron chi connectivity index (χ3n) is 5.31. The summed E-state index contributed by atoms with van der Waals surface area (Å²) in [5.74, 6) is -0.433. The Balaban J connectivity index is 1.95. The first-order valence-corrected chi connectivity index (χ1v) is 11.3. The van der Waals surface area contributed by atoms with Gasteiger partial charge in [-0.15, -0.1) is 11.3 Å². The Bertz CT molecular complexity index is 1060. The van der Waals surface area contributed by atoms with Gasteiger partial charge in [-0.05, 0) is 61.9 Å². The van der Waals surface area contributed by atoms with Crippen LogP contribution in [0.2, 0.25) is 0 Å². The third kappa shape index (κ3) is 5.39. The quantitative estimate of drug-likeness (QED) is 0.311. The van der Waals surface area contributed by atoms with Crippen LogP contribution in [-0.4, -0.2) is 15.7 Å². The molecule has 0 fully saturated rings. The molecule has 3 rings (SSSR count). The van der Waals surface area contributed by atoms with E-state index in [4.69, 9.17) is 0 Å². The average Bonchev–Trinajstić information content (AvgIpc) is 3.43. The van der Waals surface area contributed by atoms with Gasteiger partial charge < -0.3 is 5.32 Å². The number of amides is 1. The molecule has 2 aromatic heterocycles. The van der Waals surface area contributed by atoms with Crippen LogP contribution in [0.4, 0.5) is 4.39 Å². The zero-order valence-electron chi connectivity index (χ0n) is 18.2. The van der Waals surface area contributed by atoms with Crippen molar-refractivity contribution < 1.29 is 9.18 Å². The Morgan fingerprint density at radius 3 is 2.65 bits per heavy atom. The largest absolute Gasteiger partial charge is 0.344 e. The Hall–Kier alpha value is -2.99. The second-order valence-electron chi connectivity index (χ2n) is 7.41. The van der Waals surface area contributed by atoms with Crippen molar-refractivity contribution in [1.82, 2.24) is 15.1 Å². The predicted octanol–water partition coefficient (Wildman–Crippen LogP) is 6.39. The minimum Gasteiger partial charge on any atom is -0.344 e. The summed E-state index contributed by atoms with van der Waals surface area (Å²) in [6.07, 6.45) is 5.91. The number of benzene rings is 1. The highest BCUT2D eigenvalue weighted by molar-refractivity contribution is 7.10. The van der Waals surface area contributed by atoms with E-state index in [1.54, 1.807) is 34.3 Å². The summed E-state index contributed by atoms with van der Waals surface area (Å²) in [6.45, 7) is 10.1. The number of halogens is 1. The number of aromatic nitrogens is 2. The molecule has 0 spiro atoms. The molecule has 162 valence electrons. The first-order chi connectivity index (χ1) is 14.9. The molecular weight excluding hydrogens is 409 g/mol. The van der Waals surface area contributed by atoms with Crippen molar-refractivity contribution in [2.45, 2.75) is 46.1 Å². The molecular formula is C25H28FN3OS. The van der Waals surface area contributed by atoms with Crippen molar-refractivity contribution in [3.8, 4) is 5.69 Å². The Morgan fingerprint density at radius 2 is 2.03 bits per heavy atom. The number of hydrogen-bond donors (Lipinski definition) is 1. The van der Waals surface area contributed by atoms with Gasteiger partial charge in [0.25, 0.3) is 5.91 Å². The van der Waals surface area contributed by atoms with Gasteiger partial charge in [-0.3, -0.25) is 4.79 Å². The van der Waals surface area contributed by atoms with Gasteiger partial charge in [0, 0.05) is 21.7 Å². The van der Waals surface area contributed by atoms with Crippen molar-refractivity contribution >= 4 is 22.8 Å². The summed E-state index contributed by atoms with van der Waals surface area (Å²) in [6, 6.07) is 10.1. The van der Waals surface area contributed by atoms with Crippen LogP contribution in [0, 0.1) is 12.7 Å². The zero-order chi connectivity index (χ0) is 22.4. The molecule has 1 amide bonds. The Kier molecular flexibility index (Phi) is 7.58. The van der Waals surface area contributed by atoms with Gasteiger partial charge in [0.1, 0.15) is 5.82 Å². The first-order valence-electron chi connectivity index (χ1n) is 10.5. The molecule has 1 aromatic carbocycles. The van der Waals surface area contributed by atoms with Crippen molar-refractivity contribution in [2.75, 3.05) is 0 Å². The van der Waals surface area contributed by atoms with Gasteiger partial charge in [-0.2, -0.15) is 5.10 Å². The number of rotatable bonds is 9. The summed E-state index contributed by atoms with van der Waals surface area (Å²) in [5.41, 5.74) is 3.95. The van der Waals surface area contributed by atoms with Crippen LogP contribution in [-0.2, 0) is 4.79 Å². The van der Waals surface area contributed by atoms with Gasteiger partial charge in [-0.1, -0.05) is 38.1 Å². The van der Waals surface area contributed by atoms with Crippen LogP contribution in [0.1, 0.15) is 55.3 Å². The predicted molar refractivity (Wildman–Crippen MR) is 126 cm³/mol. The molecule has 0 saturated heterocycles. The fourth-order valence-electron chi connectivity index (χ4n) is 3.33. The monoisotopic (exact) mass is 437 g/mol. The van der Waals surface area contributed by atoms with Crippen molar-refractivity contribution in [3.05, 3.63) is 88.2 Å². The molecule has 6 heteroatoms. The molecule has 31 heavy (non-hydrogen) atoms. The first kappa shape index (κ1) is 22.7. The molecule has 0 saturated carbocycles. The topological polar surface area (TPSA) is 46.9 Å². The number of carbonyl (C=O) groups excluding carboxylic acids is 1. The van der Waals surface area contributed by atoms with Crippen LogP contribution >= 0.6 is 11.3 Å². The van der Waals surface area contributed by atoms with Crippen molar-refractivity contribution in [2.24, 2.45) is 0 Å². The number of carbonyl (C=O) groups is 1. The second kappa shape index (κ2) is 10.4. The van der Waals surface area contributed by atoms with Gasteiger partial charge in [0.05, 0.1) is 17.9 Å². The fourth-order valence-corrected chi connectivity index (χ4v) is 4.19. The molecule has 4 nitrogen and oxygen atoms in total. The molecule has 1 unspecified atom stereocenters. The lowest BCUT2D eigenvalue weighted by atomic mass is 10.0. The third-order valence-corrected chi connectivity index (χ3v) is 6.30. The summed E-state index contributed by atoms with van der Waals surface area (Å²) in [7, 11) is 0. The molecule has 0 aliphatic rings. The van der Waals surface area contributed by atoms with Crippen molar-refractivity contribution in [1.29, 1.82) is 0 Å². The van der Waals surface area contributed by atoms with E-state index in [0.29, 0.717) is 12.0 Å². The van der Waals surface area contributed by atoms with E-state index in [0.717, 1.165) is 40.2 Å². The van der Waals surface area contributed by atoms with E-state index >= 15 is 0 Å². The molecule has 1 atom stereocenters. The average molecular weight is 438 g/mol. The highest BCUT2D eigenvalue weighted by atomic mass is 32.1. The molecule has 0 aliphatic carbocycles. The van der Waals surface area contributed by atoms with E-state index < -0.39 is 0 Å². The lowest BCUT2D eigenvalue weighted by Gasteiger charge is -2.17. The zero-order valence-corrected chi connectivity index (χ0v) is 19.0. The maximum atomic E-state index is 13.4. The minimum atomic E-state index is -0.300. The highest BCUT2D eigenvalue weighted by Gasteiger charge is 2.21. The van der Waals surface area contributed by atoms with E-state index in [2.05, 4.69) is 30.8 Å². The van der Waals surface area contributed by atoms with Crippen LogP contribution < -0.4 is 5.32 Å². The molecule has 0 bridgehead atoms. The van der Waals surface area contributed by atoms with E-state index in [1.807, 2.05) is 30.5 Å². The highest BCUT2D eigenvalue weighted by Crippen LogP contribution is 2.27. The smallest absolute Gasteiger partial charge is 0.252 e. The summed E-state index contributed by atoms with van der Waals surface area (Å²) in [4.78, 5) is 14.5. The maximum Gasteiger partial charge on any atom is 0.252 e. The molecule has 0 radical (unpaired) electrons. The van der Waals surface area contributed by atoms with Crippen LogP contribution in [0.5, 0.6) is 0 Å². The van der Waals surface area contributed by atoms with Gasteiger partial charge >= 0.3 is 0 Å². The van der Waals surface area contributed by atoms with Crippen LogP contribution in [0.25, 0.3) is 11.3 Å². The van der Waals surface area contributed by atoms with E-state index in [9.17, 15) is 9.18 Å². The second-order valence-corrected chi connectivity index (χ2v) is 8.39. The summed E-state index contributed by atoms with van der Waals surface area (Å²) >= 11 is 1.64. The lowest BCUT2D eigenvalue weighted by molar-refractivity contribution is -0.116. The van der Waals surface area contributed by atoms with Crippen molar-refractivity contribution in [3.63, 3.8) is 0 Å². The Labute approximate surface area is 187 Å². The minimum absolute atomic E-state index is 0.0438. The van der Waals surface area contributed by atoms with Gasteiger partial charge in [0.15, 0.2) is 0 Å². The van der Waals surface area contributed by atoms with Crippen LogP contribution in [0.3, 0.4) is 0 Å². The normalized spacial score (nSPS) is 12.6. The molecule has 3 aromatic rings. The molecule has 1 N–H and O–H groups in total. The van der Waals surface area contributed by atoms with Crippen LogP contribution in [0.15, 0.2) is 66.2 Å². The fraction of sp³-hybridized carbons (Fsp3) is 0.280. The number of allylic oxidation sites excluding steroid dienone is 2. The van der Waals surface area contributed by atoms with Gasteiger partial charge in [-0.25, -0.2) is 9.07 Å². The lowest BCUT2D eigenvalue weighted by Crippen LogP contribution is -2.28. The summed E-state index contributed by atoms with van der Waals surface area (Å²) < 4.78 is 15.0. The molecule has 0 aliphatic heterocycles. The summed E-state index contributed by atoms with van der Waals surface area (Å²) in [5, 5.41) is 9.67.